The highest BCUT2D eigenvalue weighted by molar-refractivity contribution is 5.26. The van der Waals surface area contributed by atoms with Crippen molar-refractivity contribution in [1.29, 1.82) is 0 Å². The van der Waals surface area contributed by atoms with Crippen LogP contribution in [-0.2, 0) is 5.41 Å². The molecule has 0 amide bonds. The Hall–Kier alpha value is -0.890. The minimum Gasteiger partial charge on any atom is -0.392 e. The van der Waals surface area contributed by atoms with Crippen LogP contribution in [0.2, 0.25) is 0 Å². The largest absolute Gasteiger partial charge is 0.392 e. The summed E-state index contributed by atoms with van der Waals surface area (Å²) in [5, 5.41) is 10.8. The Labute approximate surface area is 115 Å². The standard InChI is InChI=1S/C17H25FO/c1-17(2,14-9-11-15(18)12-10-14)16(19)13-7-5-3-4-6-8-13/h9-13,16,19H,3-8H2,1-2H3. The Kier molecular flexibility index (Phi) is 4.62. The van der Waals surface area contributed by atoms with E-state index >= 15 is 0 Å². The van der Waals surface area contributed by atoms with E-state index in [0.717, 1.165) is 18.4 Å². The molecular weight excluding hydrogens is 239 g/mol. The maximum atomic E-state index is 13.0. The molecule has 1 aromatic carbocycles. The van der Waals surface area contributed by atoms with E-state index in [1.807, 2.05) is 0 Å². The Morgan fingerprint density at radius 2 is 1.58 bits per heavy atom. The molecule has 1 unspecified atom stereocenters. The summed E-state index contributed by atoms with van der Waals surface area (Å²) in [5.74, 6) is 0.158. The van der Waals surface area contributed by atoms with Gasteiger partial charge in [0.1, 0.15) is 5.82 Å². The van der Waals surface area contributed by atoms with Gasteiger partial charge in [-0.25, -0.2) is 4.39 Å². The van der Waals surface area contributed by atoms with Crippen LogP contribution in [0.1, 0.15) is 57.9 Å². The van der Waals surface area contributed by atoms with Crippen LogP contribution in [0.3, 0.4) is 0 Å². The molecule has 1 aliphatic carbocycles. The van der Waals surface area contributed by atoms with Crippen LogP contribution < -0.4 is 0 Å². The molecular formula is C17H25FO. The molecule has 0 aliphatic heterocycles. The van der Waals surface area contributed by atoms with E-state index in [1.54, 1.807) is 12.1 Å². The van der Waals surface area contributed by atoms with Crippen molar-refractivity contribution in [1.82, 2.24) is 0 Å². The van der Waals surface area contributed by atoms with Gasteiger partial charge in [-0.3, -0.25) is 0 Å². The summed E-state index contributed by atoms with van der Waals surface area (Å²) in [6, 6.07) is 6.57. The molecule has 2 heteroatoms. The molecule has 0 aromatic heterocycles. The van der Waals surface area contributed by atoms with Gasteiger partial charge in [0.2, 0.25) is 0 Å². The second kappa shape index (κ2) is 6.04. The van der Waals surface area contributed by atoms with Crippen molar-refractivity contribution in [3.63, 3.8) is 0 Å². The number of aliphatic hydroxyl groups excluding tert-OH is 1. The number of rotatable bonds is 3. The molecule has 0 radical (unpaired) electrons. The molecule has 1 fully saturated rings. The van der Waals surface area contributed by atoms with E-state index in [9.17, 15) is 9.50 Å². The van der Waals surface area contributed by atoms with Gasteiger partial charge in [0.25, 0.3) is 0 Å². The molecule has 0 bridgehead atoms. The van der Waals surface area contributed by atoms with Crippen molar-refractivity contribution in [2.75, 3.05) is 0 Å². The molecule has 0 saturated heterocycles. The quantitative estimate of drug-likeness (QED) is 0.800. The monoisotopic (exact) mass is 264 g/mol. The second-order valence-corrected chi connectivity index (χ2v) is 6.43. The van der Waals surface area contributed by atoms with Crippen LogP contribution in [0.15, 0.2) is 24.3 Å². The normalized spacial score (nSPS) is 20.0. The third-order valence-electron chi connectivity index (χ3n) is 4.67. The summed E-state index contributed by atoms with van der Waals surface area (Å²) >= 11 is 0. The van der Waals surface area contributed by atoms with Crippen molar-refractivity contribution >= 4 is 0 Å². The summed E-state index contributed by atoms with van der Waals surface area (Å²) in [6.07, 6.45) is 6.91. The number of halogens is 1. The number of benzene rings is 1. The zero-order valence-electron chi connectivity index (χ0n) is 12.0. The Balaban J connectivity index is 2.14. The van der Waals surface area contributed by atoms with Gasteiger partial charge in [-0.15, -0.1) is 0 Å². The zero-order valence-corrected chi connectivity index (χ0v) is 12.0. The first-order valence-electron chi connectivity index (χ1n) is 7.46. The molecule has 2 rings (SSSR count). The molecule has 0 spiro atoms. The lowest BCUT2D eigenvalue weighted by atomic mass is 9.72. The van der Waals surface area contributed by atoms with E-state index in [4.69, 9.17) is 0 Å². The van der Waals surface area contributed by atoms with Gasteiger partial charge < -0.3 is 5.11 Å². The maximum absolute atomic E-state index is 13.0. The van der Waals surface area contributed by atoms with E-state index in [1.165, 1.54) is 37.8 Å². The summed E-state index contributed by atoms with van der Waals surface area (Å²) in [6.45, 7) is 4.13. The topological polar surface area (TPSA) is 20.2 Å². The van der Waals surface area contributed by atoms with Crippen LogP contribution in [0.25, 0.3) is 0 Å². The van der Waals surface area contributed by atoms with Crippen molar-refractivity contribution in [3.05, 3.63) is 35.6 Å². The number of hydrogen-bond acceptors (Lipinski definition) is 1. The van der Waals surface area contributed by atoms with Crippen molar-refractivity contribution in [2.24, 2.45) is 5.92 Å². The second-order valence-electron chi connectivity index (χ2n) is 6.43. The third-order valence-corrected chi connectivity index (χ3v) is 4.67. The lowest BCUT2D eigenvalue weighted by Gasteiger charge is -2.36. The summed E-state index contributed by atoms with van der Waals surface area (Å²) in [5.41, 5.74) is 0.702. The summed E-state index contributed by atoms with van der Waals surface area (Å²) < 4.78 is 13.0. The first kappa shape index (κ1) is 14.5. The minimum absolute atomic E-state index is 0.219. The lowest BCUT2D eigenvalue weighted by Crippen LogP contribution is -2.39. The Morgan fingerprint density at radius 3 is 2.11 bits per heavy atom. The van der Waals surface area contributed by atoms with Gasteiger partial charge >= 0.3 is 0 Å². The summed E-state index contributed by atoms with van der Waals surface area (Å²) in [7, 11) is 0. The van der Waals surface area contributed by atoms with Gasteiger partial charge in [0, 0.05) is 5.41 Å². The molecule has 0 heterocycles. The van der Waals surface area contributed by atoms with Crippen LogP contribution >= 0.6 is 0 Å². The van der Waals surface area contributed by atoms with Crippen LogP contribution in [0.4, 0.5) is 4.39 Å². The molecule has 1 saturated carbocycles. The van der Waals surface area contributed by atoms with E-state index in [2.05, 4.69) is 13.8 Å². The van der Waals surface area contributed by atoms with Crippen LogP contribution in [0, 0.1) is 11.7 Å². The highest BCUT2D eigenvalue weighted by atomic mass is 19.1. The Bertz CT molecular complexity index is 388. The molecule has 19 heavy (non-hydrogen) atoms. The van der Waals surface area contributed by atoms with Gasteiger partial charge in [0.15, 0.2) is 0 Å². The van der Waals surface area contributed by atoms with E-state index < -0.39 is 0 Å². The lowest BCUT2D eigenvalue weighted by molar-refractivity contribution is 0.0364. The average molecular weight is 264 g/mol. The molecule has 1 aromatic rings. The number of hydrogen-bond donors (Lipinski definition) is 1. The van der Waals surface area contributed by atoms with Crippen LogP contribution in [-0.4, -0.2) is 11.2 Å². The predicted octanol–water partition coefficient (Wildman–Crippen LogP) is 4.43. The highest BCUT2D eigenvalue weighted by Crippen LogP contribution is 2.36. The first-order chi connectivity index (χ1) is 9.01. The fourth-order valence-corrected chi connectivity index (χ4v) is 3.27. The summed E-state index contributed by atoms with van der Waals surface area (Å²) in [4.78, 5) is 0. The Morgan fingerprint density at radius 1 is 1.05 bits per heavy atom. The molecule has 1 nitrogen and oxygen atoms in total. The van der Waals surface area contributed by atoms with E-state index in [0.29, 0.717) is 5.92 Å². The maximum Gasteiger partial charge on any atom is 0.123 e. The fourth-order valence-electron chi connectivity index (χ4n) is 3.27. The third kappa shape index (κ3) is 3.36. The molecule has 1 aliphatic rings. The highest BCUT2D eigenvalue weighted by Gasteiger charge is 2.35. The molecule has 1 N–H and O–H groups in total. The SMILES string of the molecule is CC(C)(c1ccc(F)cc1)C(O)C1CCCCCC1. The smallest absolute Gasteiger partial charge is 0.123 e. The van der Waals surface area contributed by atoms with Gasteiger partial charge in [-0.05, 0) is 36.5 Å². The van der Waals surface area contributed by atoms with Crippen molar-refractivity contribution in [3.8, 4) is 0 Å². The number of aliphatic hydroxyl groups is 1. The average Bonchev–Trinajstić information content (AvgIpc) is 2.67. The first-order valence-corrected chi connectivity index (χ1v) is 7.46. The molecule has 1 atom stereocenters. The van der Waals surface area contributed by atoms with Crippen molar-refractivity contribution in [2.45, 2.75) is 63.9 Å². The van der Waals surface area contributed by atoms with Crippen molar-refractivity contribution < 1.29 is 9.50 Å². The fraction of sp³-hybridized carbons (Fsp3) is 0.647. The minimum atomic E-state index is -0.351. The van der Waals surface area contributed by atoms with Gasteiger partial charge in [-0.2, -0.15) is 0 Å². The van der Waals surface area contributed by atoms with E-state index in [-0.39, 0.29) is 17.3 Å². The van der Waals surface area contributed by atoms with Gasteiger partial charge in [-0.1, -0.05) is 51.7 Å². The van der Waals surface area contributed by atoms with Crippen LogP contribution in [0.5, 0.6) is 0 Å². The molecule has 106 valence electrons. The van der Waals surface area contributed by atoms with Gasteiger partial charge in [0.05, 0.1) is 6.10 Å². The predicted molar refractivity (Wildman–Crippen MR) is 76.6 cm³/mol. The zero-order chi connectivity index (χ0) is 13.9.